The van der Waals surface area contributed by atoms with E-state index < -0.39 is 0 Å². The second-order valence-electron chi connectivity index (χ2n) is 7.59. The van der Waals surface area contributed by atoms with Crippen LogP contribution in [-0.2, 0) is 18.6 Å². The molecule has 4 aromatic rings. The van der Waals surface area contributed by atoms with Gasteiger partial charge in [0.15, 0.2) is 0 Å². The fourth-order valence-corrected chi connectivity index (χ4v) is 5.43. The summed E-state index contributed by atoms with van der Waals surface area (Å²) in [6, 6.07) is 7.57. The van der Waals surface area contributed by atoms with Crippen LogP contribution in [0.4, 0.5) is 0 Å². The van der Waals surface area contributed by atoms with Crippen LogP contribution in [0, 0.1) is 12.8 Å². The maximum absolute atomic E-state index is 12.3. The van der Waals surface area contributed by atoms with Crippen LogP contribution in [0.25, 0.3) is 16.4 Å². The third-order valence-electron chi connectivity index (χ3n) is 5.15. The van der Waals surface area contributed by atoms with E-state index in [-0.39, 0.29) is 5.56 Å². The number of hydrogen-bond acceptors (Lipinski definition) is 7. The minimum atomic E-state index is -0.0843. The SMILES string of the molecule is Cc1ccc2nc(CSc3nnc(-c4cc5c(s4)CCC(C)C5)o3)cc(=O)n2c1. The van der Waals surface area contributed by atoms with Gasteiger partial charge in [0.25, 0.3) is 16.7 Å². The second-order valence-corrected chi connectivity index (χ2v) is 9.65. The Labute approximate surface area is 176 Å². The van der Waals surface area contributed by atoms with Crippen molar-refractivity contribution in [2.45, 2.75) is 44.1 Å². The summed E-state index contributed by atoms with van der Waals surface area (Å²) >= 11 is 3.16. The Kier molecular flexibility index (Phi) is 4.75. The molecule has 4 aromatic heterocycles. The van der Waals surface area contributed by atoms with Crippen molar-refractivity contribution >= 4 is 28.7 Å². The summed E-state index contributed by atoms with van der Waals surface area (Å²) in [4.78, 5) is 19.4. The van der Waals surface area contributed by atoms with Crippen LogP contribution in [-0.4, -0.2) is 19.6 Å². The molecule has 1 aliphatic carbocycles. The first-order valence-corrected chi connectivity index (χ1v) is 11.4. The number of thiophene rings is 1. The molecule has 1 aliphatic rings. The smallest absolute Gasteiger partial charge is 0.277 e. The largest absolute Gasteiger partial charge is 0.410 e. The molecule has 6 nitrogen and oxygen atoms in total. The van der Waals surface area contributed by atoms with Crippen LogP contribution in [0.2, 0.25) is 0 Å². The first kappa shape index (κ1) is 18.6. The van der Waals surface area contributed by atoms with Crippen molar-refractivity contribution in [3.63, 3.8) is 0 Å². The number of pyridine rings is 1. The van der Waals surface area contributed by atoms with Crippen LogP contribution < -0.4 is 5.56 Å². The van der Waals surface area contributed by atoms with Crippen molar-refractivity contribution in [2.75, 3.05) is 0 Å². The zero-order valence-electron chi connectivity index (χ0n) is 16.2. The monoisotopic (exact) mass is 424 g/mol. The Bertz CT molecular complexity index is 1260. The second kappa shape index (κ2) is 7.42. The molecule has 0 radical (unpaired) electrons. The highest BCUT2D eigenvalue weighted by atomic mass is 32.2. The van der Waals surface area contributed by atoms with Crippen LogP contribution in [0.1, 0.15) is 35.0 Å². The van der Waals surface area contributed by atoms with Gasteiger partial charge in [0.05, 0.1) is 10.6 Å². The van der Waals surface area contributed by atoms with Gasteiger partial charge in [-0.1, -0.05) is 24.8 Å². The molecular formula is C21H20N4O2S2. The highest BCUT2D eigenvalue weighted by Gasteiger charge is 2.21. The van der Waals surface area contributed by atoms with E-state index in [9.17, 15) is 4.79 Å². The van der Waals surface area contributed by atoms with Gasteiger partial charge in [0.1, 0.15) is 5.65 Å². The van der Waals surface area contributed by atoms with Gasteiger partial charge in [0, 0.05) is 22.9 Å². The summed E-state index contributed by atoms with van der Waals surface area (Å²) in [6.07, 6.45) is 5.31. The van der Waals surface area contributed by atoms with Gasteiger partial charge in [-0.05, 0) is 55.4 Å². The van der Waals surface area contributed by atoms with Gasteiger partial charge in [-0.15, -0.1) is 21.5 Å². The van der Waals surface area contributed by atoms with E-state index >= 15 is 0 Å². The lowest BCUT2D eigenvalue weighted by Crippen LogP contribution is -2.15. The van der Waals surface area contributed by atoms with Crippen molar-refractivity contribution in [1.29, 1.82) is 0 Å². The molecule has 8 heteroatoms. The van der Waals surface area contributed by atoms with E-state index in [2.05, 4.69) is 28.2 Å². The molecule has 0 aliphatic heterocycles. The Balaban J connectivity index is 1.33. The average molecular weight is 425 g/mol. The number of aryl methyl sites for hydroxylation is 2. The number of nitrogens with zero attached hydrogens (tertiary/aromatic N) is 4. The van der Waals surface area contributed by atoms with E-state index in [0.717, 1.165) is 29.2 Å². The third-order valence-corrected chi connectivity index (χ3v) is 7.23. The molecule has 4 heterocycles. The van der Waals surface area contributed by atoms with Gasteiger partial charge in [-0.25, -0.2) is 4.98 Å². The molecule has 29 heavy (non-hydrogen) atoms. The lowest BCUT2D eigenvalue weighted by atomic mass is 9.90. The fraction of sp³-hybridized carbons (Fsp3) is 0.333. The minimum Gasteiger partial charge on any atom is -0.410 e. The molecule has 1 unspecified atom stereocenters. The number of fused-ring (bicyclic) bond motifs is 2. The van der Waals surface area contributed by atoms with Gasteiger partial charge in [0.2, 0.25) is 0 Å². The van der Waals surface area contributed by atoms with E-state index in [4.69, 9.17) is 4.42 Å². The van der Waals surface area contributed by atoms with Gasteiger partial charge in [-0.3, -0.25) is 9.20 Å². The highest BCUT2D eigenvalue weighted by Crippen LogP contribution is 2.37. The summed E-state index contributed by atoms with van der Waals surface area (Å²) in [6.45, 7) is 4.25. The Morgan fingerprint density at radius 2 is 2.21 bits per heavy atom. The van der Waals surface area contributed by atoms with Gasteiger partial charge < -0.3 is 4.42 Å². The standard InChI is InChI=1S/C21H20N4O2S2/c1-12-3-5-16-14(7-12)8-17(29-16)20-23-24-21(27-20)28-11-15-9-19(26)25-10-13(2)4-6-18(25)22-15/h4,6,8-10,12H,3,5,7,11H2,1-2H3. The number of aromatic nitrogens is 4. The van der Waals surface area contributed by atoms with E-state index in [1.807, 2.05) is 19.1 Å². The normalized spacial score (nSPS) is 16.3. The molecule has 0 amide bonds. The molecule has 0 N–H and O–H groups in total. The molecule has 0 aromatic carbocycles. The Hall–Kier alpha value is -2.45. The summed E-state index contributed by atoms with van der Waals surface area (Å²) in [5.41, 5.74) is 3.70. The van der Waals surface area contributed by atoms with Crippen molar-refractivity contribution < 1.29 is 4.42 Å². The van der Waals surface area contributed by atoms with Crippen molar-refractivity contribution in [3.8, 4) is 10.8 Å². The first-order chi connectivity index (χ1) is 14.0. The van der Waals surface area contributed by atoms with Crippen molar-refractivity contribution in [1.82, 2.24) is 19.6 Å². The molecule has 0 spiro atoms. The van der Waals surface area contributed by atoms with E-state index in [1.54, 1.807) is 28.0 Å². The Morgan fingerprint density at radius 3 is 3.10 bits per heavy atom. The summed E-state index contributed by atoms with van der Waals surface area (Å²) < 4.78 is 7.43. The highest BCUT2D eigenvalue weighted by molar-refractivity contribution is 7.98. The van der Waals surface area contributed by atoms with Crippen LogP contribution in [0.5, 0.6) is 0 Å². The lowest BCUT2D eigenvalue weighted by molar-refractivity contribution is 0.466. The molecular weight excluding hydrogens is 404 g/mol. The Morgan fingerprint density at radius 1 is 1.31 bits per heavy atom. The predicted molar refractivity (Wildman–Crippen MR) is 115 cm³/mol. The molecule has 1 atom stereocenters. The summed E-state index contributed by atoms with van der Waals surface area (Å²) in [5.74, 6) is 1.81. The summed E-state index contributed by atoms with van der Waals surface area (Å²) in [7, 11) is 0. The number of hydrogen-bond donors (Lipinski definition) is 0. The van der Waals surface area contributed by atoms with E-state index in [0.29, 0.717) is 28.2 Å². The van der Waals surface area contributed by atoms with Gasteiger partial charge >= 0.3 is 0 Å². The van der Waals surface area contributed by atoms with Crippen LogP contribution >= 0.6 is 23.1 Å². The maximum Gasteiger partial charge on any atom is 0.277 e. The first-order valence-electron chi connectivity index (χ1n) is 9.62. The quantitative estimate of drug-likeness (QED) is 0.448. The molecule has 148 valence electrons. The maximum atomic E-state index is 12.3. The van der Waals surface area contributed by atoms with Gasteiger partial charge in [-0.2, -0.15) is 0 Å². The lowest BCUT2D eigenvalue weighted by Gasteiger charge is -2.16. The number of rotatable bonds is 4. The minimum absolute atomic E-state index is 0.0843. The molecule has 5 rings (SSSR count). The molecule has 0 saturated heterocycles. The number of thioether (sulfide) groups is 1. The zero-order valence-corrected chi connectivity index (χ0v) is 17.8. The summed E-state index contributed by atoms with van der Waals surface area (Å²) in [5, 5.41) is 8.88. The average Bonchev–Trinajstić information content (AvgIpc) is 3.33. The fourth-order valence-electron chi connectivity index (χ4n) is 3.65. The van der Waals surface area contributed by atoms with Crippen LogP contribution in [0.3, 0.4) is 0 Å². The molecule has 0 bridgehead atoms. The zero-order chi connectivity index (χ0) is 20.0. The third kappa shape index (κ3) is 3.74. The van der Waals surface area contributed by atoms with Crippen LogP contribution in [0.15, 0.2) is 44.9 Å². The molecule has 0 saturated carbocycles. The predicted octanol–water partition coefficient (Wildman–Crippen LogP) is 4.53. The van der Waals surface area contributed by atoms with Crippen molar-refractivity contribution in [2.24, 2.45) is 5.92 Å². The molecule has 0 fully saturated rings. The topological polar surface area (TPSA) is 73.3 Å². The van der Waals surface area contributed by atoms with E-state index in [1.165, 1.54) is 28.6 Å². The van der Waals surface area contributed by atoms with Crippen molar-refractivity contribution in [3.05, 3.63) is 62.5 Å².